The zero-order valence-electron chi connectivity index (χ0n) is 47.9. The normalized spacial score (nSPS) is 18.8. The van der Waals surface area contributed by atoms with Crippen molar-refractivity contribution < 1.29 is 58.2 Å². The lowest BCUT2D eigenvalue weighted by molar-refractivity contribution is -0.301. The minimum absolute atomic E-state index is 0.0339. The van der Waals surface area contributed by atoms with E-state index in [9.17, 15) is 34.5 Å². The van der Waals surface area contributed by atoms with E-state index < -0.39 is 67.3 Å². The number of carbonyl (C=O) groups excluding carboxylic acids is 3. The molecule has 12 nitrogen and oxygen atoms in total. The molecule has 0 radical (unpaired) electrons. The molecule has 0 aromatic heterocycles. The summed E-state index contributed by atoms with van der Waals surface area (Å²) in [5, 5.41) is 31.5. The van der Waals surface area contributed by atoms with Crippen molar-refractivity contribution in [3.63, 3.8) is 0 Å². The minimum Gasteiger partial charge on any atom is -0.479 e. The van der Waals surface area contributed by atoms with Gasteiger partial charge in [-0.2, -0.15) is 0 Å². The highest BCUT2D eigenvalue weighted by Gasteiger charge is 2.50. The topological polar surface area (TPSA) is 175 Å². The zero-order chi connectivity index (χ0) is 56.1. The summed E-state index contributed by atoms with van der Waals surface area (Å²) in [5.41, 5.74) is 0. The first-order chi connectivity index (χ1) is 37.6. The van der Waals surface area contributed by atoms with Crippen LogP contribution in [-0.2, 0) is 42.9 Å². The number of aliphatic hydroxyl groups is 2. The van der Waals surface area contributed by atoms with Gasteiger partial charge in [0.25, 0.3) is 0 Å². The smallest absolute Gasteiger partial charge is 0.335 e. The Labute approximate surface area is 465 Å². The maximum absolute atomic E-state index is 13.1. The highest BCUT2D eigenvalue weighted by Crippen LogP contribution is 2.26. The van der Waals surface area contributed by atoms with Crippen LogP contribution in [0.4, 0.5) is 0 Å². The van der Waals surface area contributed by atoms with Crippen molar-refractivity contribution in [2.45, 2.75) is 263 Å². The Hall–Kier alpha value is -4.62. The molecule has 0 amide bonds. The molecule has 0 aromatic carbocycles. The van der Waals surface area contributed by atoms with Crippen molar-refractivity contribution in [2.24, 2.45) is 0 Å². The number of carboxylic acid groups (broad SMARTS) is 1. The van der Waals surface area contributed by atoms with Gasteiger partial charge in [-0.3, -0.25) is 14.4 Å². The predicted molar refractivity (Wildman–Crippen MR) is 312 cm³/mol. The molecule has 436 valence electrons. The molecule has 1 heterocycles. The van der Waals surface area contributed by atoms with Crippen molar-refractivity contribution in [2.75, 3.05) is 13.2 Å². The van der Waals surface area contributed by atoms with Crippen molar-refractivity contribution in [3.8, 4) is 0 Å². The molecule has 1 saturated heterocycles. The SMILES string of the molecule is CC/C=C\C/C=C\C/C=C\C/C=C\CCC(=O)OC(COC(=O)CCCCCCCCC/C=C\C/C=C\CCCCC)COC1OC(C(=O)O)C(O)C(O)C1OC(=O)CCCCCCCCC/C=C\C/C=C\C/C=C\CC. The number of allylic oxidation sites excluding steroid dienone is 18. The standard InChI is InChI=1S/C65H104O12/c1-4-7-10-13-16-19-22-25-27-29-31-34-36-39-42-45-48-51-57(66)73-54-56(75-58(67)52-49-46-43-40-37-33-24-21-18-15-12-9-6-3)55-74-65-63(61(70)60(69)62(77-65)64(71)72)76-59(68)53-50-47-44-41-38-35-32-30-28-26-23-20-17-14-11-8-5-2/h8-9,11-12,16-21,25-28,33,37,43,46,56,60-63,65,69-70H,4-7,10,13-15,22-24,29-32,34-36,38-42,44-45,47-55H2,1-3H3,(H,71,72)/b11-8-,12-9-,19-16-,20-17-,21-18-,27-25-,28-26-,37-33-,46-43-. The quantitative estimate of drug-likeness (QED) is 0.0228. The van der Waals surface area contributed by atoms with E-state index in [1.165, 1.54) is 38.5 Å². The molecule has 0 aromatic rings. The van der Waals surface area contributed by atoms with Gasteiger partial charge in [0.1, 0.15) is 18.8 Å². The number of carboxylic acids is 1. The largest absolute Gasteiger partial charge is 0.479 e. The number of carbonyl (C=O) groups is 4. The summed E-state index contributed by atoms with van der Waals surface area (Å²) in [6.07, 6.45) is 57.8. The Kier molecular flexibility index (Phi) is 47.6. The van der Waals surface area contributed by atoms with E-state index in [1.54, 1.807) is 0 Å². The summed E-state index contributed by atoms with van der Waals surface area (Å²) >= 11 is 0. The first-order valence-electron chi connectivity index (χ1n) is 29.9. The number of hydrogen-bond acceptors (Lipinski definition) is 11. The molecule has 3 N–H and O–H groups in total. The summed E-state index contributed by atoms with van der Waals surface area (Å²) in [6.45, 7) is 5.66. The highest BCUT2D eigenvalue weighted by molar-refractivity contribution is 5.74. The van der Waals surface area contributed by atoms with E-state index in [-0.39, 0.29) is 25.9 Å². The molecule has 1 rings (SSSR count). The third-order valence-electron chi connectivity index (χ3n) is 12.8. The van der Waals surface area contributed by atoms with E-state index in [0.717, 1.165) is 122 Å². The molecule has 0 bridgehead atoms. The highest BCUT2D eigenvalue weighted by atomic mass is 16.7. The van der Waals surface area contributed by atoms with Crippen molar-refractivity contribution in [1.82, 2.24) is 0 Å². The van der Waals surface area contributed by atoms with Crippen LogP contribution in [0.25, 0.3) is 0 Å². The fourth-order valence-corrected chi connectivity index (χ4v) is 8.31. The molecule has 77 heavy (non-hydrogen) atoms. The maximum atomic E-state index is 13.1. The van der Waals surface area contributed by atoms with Crippen molar-refractivity contribution >= 4 is 23.9 Å². The molecule has 6 unspecified atom stereocenters. The van der Waals surface area contributed by atoms with Crippen LogP contribution in [0, 0.1) is 0 Å². The third-order valence-corrected chi connectivity index (χ3v) is 12.8. The van der Waals surface area contributed by atoms with Crippen LogP contribution >= 0.6 is 0 Å². The van der Waals surface area contributed by atoms with Gasteiger partial charge in [-0.1, -0.05) is 207 Å². The average molecular weight is 1080 g/mol. The summed E-state index contributed by atoms with van der Waals surface area (Å²) < 4.78 is 28.3. The monoisotopic (exact) mass is 1080 g/mol. The van der Waals surface area contributed by atoms with E-state index in [0.29, 0.717) is 25.7 Å². The van der Waals surface area contributed by atoms with Gasteiger partial charge >= 0.3 is 23.9 Å². The molecule has 6 atom stereocenters. The Balaban J connectivity index is 2.72. The van der Waals surface area contributed by atoms with Gasteiger partial charge in [-0.05, 0) is 109 Å². The van der Waals surface area contributed by atoms with Crippen LogP contribution in [0.5, 0.6) is 0 Å². The molecular formula is C65H104O12. The van der Waals surface area contributed by atoms with Crippen LogP contribution in [0.15, 0.2) is 109 Å². The fraction of sp³-hybridized carbons (Fsp3) is 0.662. The summed E-state index contributed by atoms with van der Waals surface area (Å²) in [7, 11) is 0. The second-order valence-electron chi connectivity index (χ2n) is 19.9. The van der Waals surface area contributed by atoms with E-state index in [1.807, 2.05) is 12.2 Å². The van der Waals surface area contributed by atoms with E-state index in [2.05, 4.69) is 118 Å². The molecule has 1 fully saturated rings. The lowest BCUT2D eigenvalue weighted by atomic mass is 9.98. The Morgan fingerprint density at radius 3 is 1.30 bits per heavy atom. The number of rotatable bonds is 49. The van der Waals surface area contributed by atoms with Gasteiger partial charge in [0.05, 0.1) is 6.61 Å². The Bertz CT molecular complexity index is 1750. The molecule has 0 spiro atoms. The van der Waals surface area contributed by atoms with Gasteiger partial charge in [-0.25, -0.2) is 4.79 Å². The van der Waals surface area contributed by atoms with Gasteiger partial charge in [-0.15, -0.1) is 0 Å². The number of aliphatic hydroxyl groups excluding tert-OH is 2. The second kappa shape index (κ2) is 52.1. The molecular weight excluding hydrogens is 973 g/mol. The van der Waals surface area contributed by atoms with Crippen LogP contribution in [0.3, 0.4) is 0 Å². The second-order valence-corrected chi connectivity index (χ2v) is 19.9. The maximum Gasteiger partial charge on any atom is 0.335 e. The Morgan fingerprint density at radius 1 is 0.442 bits per heavy atom. The first kappa shape index (κ1) is 70.4. The van der Waals surface area contributed by atoms with Crippen molar-refractivity contribution in [1.29, 1.82) is 0 Å². The van der Waals surface area contributed by atoms with E-state index >= 15 is 0 Å². The zero-order valence-corrected chi connectivity index (χ0v) is 47.9. The van der Waals surface area contributed by atoms with Gasteiger partial charge in [0.15, 0.2) is 24.6 Å². The van der Waals surface area contributed by atoms with Crippen LogP contribution in [-0.4, -0.2) is 89.2 Å². The van der Waals surface area contributed by atoms with E-state index in [4.69, 9.17) is 23.7 Å². The molecule has 0 aliphatic carbocycles. The summed E-state index contributed by atoms with van der Waals surface area (Å²) in [6, 6.07) is 0. The Morgan fingerprint density at radius 2 is 0.844 bits per heavy atom. The predicted octanol–water partition coefficient (Wildman–Crippen LogP) is 15.4. The number of ether oxygens (including phenoxy) is 5. The average Bonchev–Trinajstić information content (AvgIpc) is 3.42. The number of aliphatic carboxylic acids is 1. The van der Waals surface area contributed by atoms with Gasteiger partial charge < -0.3 is 39.0 Å². The molecule has 12 heteroatoms. The molecule has 0 saturated carbocycles. The fourth-order valence-electron chi connectivity index (χ4n) is 8.31. The number of unbranched alkanes of at least 4 members (excludes halogenated alkanes) is 17. The van der Waals surface area contributed by atoms with Crippen LogP contribution in [0.2, 0.25) is 0 Å². The van der Waals surface area contributed by atoms with Crippen LogP contribution < -0.4 is 0 Å². The number of esters is 3. The minimum atomic E-state index is -1.92. The lowest BCUT2D eigenvalue weighted by Crippen LogP contribution is -2.61. The first-order valence-corrected chi connectivity index (χ1v) is 29.9. The van der Waals surface area contributed by atoms with Gasteiger partial charge in [0.2, 0.25) is 0 Å². The van der Waals surface area contributed by atoms with Crippen LogP contribution in [0.1, 0.15) is 226 Å². The summed E-state index contributed by atoms with van der Waals surface area (Å²) in [4.78, 5) is 51.1. The number of hydrogen-bond donors (Lipinski definition) is 3. The summed E-state index contributed by atoms with van der Waals surface area (Å²) in [5.74, 6) is -3.26. The molecule has 1 aliphatic rings. The lowest BCUT2D eigenvalue weighted by Gasteiger charge is -2.40. The third kappa shape index (κ3) is 42.1. The van der Waals surface area contributed by atoms with Gasteiger partial charge in [0, 0.05) is 19.3 Å². The molecule has 1 aliphatic heterocycles. The van der Waals surface area contributed by atoms with Crippen molar-refractivity contribution in [3.05, 3.63) is 109 Å².